The molecule has 17 heteroatoms. The summed E-state index contributed by atoms with van der Waals surface area (Å²) in [6, 6.07) is 1.82. The van der Waals surface area contributed by atoms with E-state index in [1.54, 1.807) is 0 Å². The van der Waals surface area contributed by atoms with Crippen molar-refractivity contribution >= 4 is 36.8 Å². The summed E-state index contributed by atoms with van der Waals surface area (Å²) in [6.07, 6.45) is 0.735. The Bertz CT molecular complexity index is 1380. The molecule has 0 saturated carbocycles. The van der Waals surface area contributed by atoms with E-state index in [0.29, 0.717) is 16.5 Å². The summed E-state index contributed by atoms with van der Waals surface area (Å²) in [5.41, 5.74) is 4.94. The summed E-state index contributed by atoms with van der Waals surface area (Å²) in [5.74, 6) is -7.54. The highest BCUT2D eigenvalue weighted by Gasteiger charge is 2.41. The molecule has 5 amide bonds. The fourth-order valence-corrected chi connectivity index (χ4v) is 4.33. The van der Waals surface area contributed by atoms with Crippen LogP contribution in [0.25, 0.3) is 0 Å². The minimum absolute atomic E-state index is 0.0127. The van der Waals surface area contributed by atoms with Gasteiger partial charge in [0.1, 0.15) is 17.2 Å². The molecule has 15 nitrogen and oxygen atoms in total. The number of nitrogens with two attached hydrogens (primary N) is 1. The van der Waals surface area contributed by atoms with Crippen LogP contribution in [0.3, 0.4) is 0 Å². The third-order valence-corrected chi connectivity index (χ3v) is 6.29. The minimum Gasteiger partial charge on any atom is -0.534 e. The van der Waals surface area contributed by atoms with Gasteiger partial charge in [-0.05, 0) is 18.1 Å². The highest BCUT2D eigenvalue weighted by atomic mass is 19.1. The number of urea groups is 1. The zero-order valence-corrected chi connectivity index (χ0v) is 20.7. The van der Waals surface area contributed by atoms with Crippen LogP contribution in [0.5, 0.6) is 11.5 Å². The monoisotopic (exact) mass is 558 g/mol. The Morgan fingerprint density at radius 3 is 2.67 bits per heavy atom. The van der Waals surface area contributed by atoms with Gasteiger partial charge in [-0.2, -0.15) is 0 Å². The fourth-order valence-electron chi connectivity index (χ4n) is 4.33. The van der Waals surface area contributed by atoms with Gasteiger partial charge in [0.15, 0.2) is 11.9 Å². The SMILES string of the molecule is NCCN1CCN(C(=O)N[C@H](C(=O)N[C@H]2Cc3cccc(C(=O)O)c3OB2O)c2ncc(O)cc2F)C(=O)C1=O. The average molecular weight is 558 g/mol. The van der Waals surface area contributed by atoms with Gasteiger partial charge in [0.05, 0.1) is 17.7 Å². The normalized spacial score (nSPS) is 17.6. The second-order valence-electron chi connectivity index (χ2n) is 8.91. The van der Waals surface area contributed by atoms with E-state index in [-0.39, 0.29) is 43.9 Å². The Kier molecular flexibility index (Phi) is 8.15. The van der Waals surface area contributed by atoms with Gasteiger partial charge in [-0.3, -0.25) is 24.3 Å². The van der Waals surface area contributed by atoms with E-state index in [1.165, 1.54) is 18.2 Å². The number of carboxylic acids is 1. The van der Waals surface area contributed by atoms with Crippen molar-refractivity contribution in [3.05, 3.63) is 53.1 Å². The first-order valence-corrected chi connectivity index (χ1v) is 12.0. The number of nitrogens with one attached hydrogen (secondary N) is 2. The predicted octanol–water partition coefficient (Wildman–Crippen LogP) is -1.86. The molecule has 2 aliphatic heterocycles. The zero-order chi connectivity index (χ0) is 29.1. The Morgan fingerprint density at radius 1 is 1.25 bits per heavy atom. The number of amides is 5. The van der Waals surface area contributed by atoms with Crippen LogP contribution in [0.15, 0.2) is 30.5 Å². The molecule has 2 aliphatic rings. The number of aromatic hydroxyl groups is 1. The van der Waals surface area contributed by atoms with Gasteiger partial charge in [0, 0.05) is 32.2 Å². The highest BCUT2D eigenvalue weighted by Crippen LogP contribution is 2.30. The number of aromatic nitrogens is 1. The molecule has 2 aromatic rings. The van der Waals surface area contributed by atoms with E-state index in [2.05, 4.69) is 15.6 Å². The molecule has 3 heterocycles. The molecule has 0 spiro atoms. The molecule has 2 atom stereocenters. The van der Waals surface area contributed by atoms with Gasteiger partial charge in [0.2, 0.25) is 5.91 Å². The van der Waals surface area contributed by atoms with Gasteiger partial charge >= 0.3 is 30.9 Å². The maximum absolute atomic E-state index is 14.8. The van der Waals surface area contributed by atoms with Gasteiger partial charge < -0.3 is 41.2 Å². The van der Waals surface area contributed by atoms with Crippen LogP contribution < -0.4 is 21.0 Å². The number of fused-ring (bicyclic) bond motifs is 1. The molecule has 0 aliphatic carbocycles. The second kappa shape index (κ2) is 11.5. The van der Waals surface area contributed by atoms with Crippen molar-refractivity contribution in [2.24, 2.45) is 5.73 Å². The smallest absolute Gasteiger partial charge is 0.534 e. The van der Waals surface area contributed by atoms with Crippen LogP contribution in [0.2, 0.25) is 0 Å². The quantitative estimate of drug-likeness (QED) is 0.163. The van der Waals surface area contributed by atoms with Crippen molar-refractivity contribution in [2.45, 2.75) is 18.4 Å². The summed E-state index contributed by atoms with van der Waals surface area (Å²) in [4.78, 5) is 68.1. The van der Waals surface area contributed by atoms with Crippen molar-refractivity contribution in [1.82, 2.24) is 25.4 Å². The molecular formula is C23H24BFN6O9. The molecule has 7 N–H and O–H groups in total. The predicted molar refractivity (Wildman–Crippen MR) is 132 cm³/mol. The first-order chi connectivity index (χ1) is 19.0. The summed E-state index contributed by atoms with van der Waals surface area (Å²) in [7, 11) is -1.72. The van der Waals surface area contributed by atoms with Crippen LogP contribution in [0.1, 0.15) is 27.7 Å². The van der Waals surface area contributed by atoms with Crippen LogP contribution in [-0.4, -0.2) is 99.0 Å². The number of piperazine rings is 1. The summed E-state index contributed by atoms with van der Waals surface area (Å²) in [6.45, 7) is -0.0516. The number of rotatable bonds is 7. The van der Waals surface area contributed by atoms with Crippen molar-refractivity contribution in [2.75, 3.05) is 26.2 Å². The maximum Gasteiger partial charge on any atom is 0.547 e. The third kappa shape index (κ3) is 5.64. The standard InChI is InChI=1S/C23H24BFN6O9/c25-14-9-12(32)10-27-16(14)17(29-23(38)31-7-6-30(5-4-26)20(34)21(31)35)19(33)28-15-8-11-2-1-3-13(22(36)37)18(11)40-24(15)39/h1-3,9-10,15,17,32,39H,4-8,26H2,(H,28,33)(H,29,38)(H,36,37)/t15-,17-/m0/s1. The molecule has 0 bridgehead atoms. The van der Waals surface area contributed by atoms with Crippen LogP contribution >= 0.6 is 0 Å². The molecule has 40 heavy (non-hydrogen) atoms. The Morgan fingerprint density at radius 2 is 2.00 bits per heavy atom. The van der Waals surface area contributed by atoms with Crippen molar-refractivity contribution < 1.29 is 48.3 Å². The van der Waals surface area contributed by atoms with Gasteiger partial charge in [-0.1, -0.05) is 12.1 Å². The third-order valence-electron chi connectivity index (χ3n) is 6.29. The number of imide groups is 1. The largest absolute Gasteiger partial charge is 0.547 e. The number of benzene rings is 1. The summed E-state index contributed by atoms with van der Waals surface area (Å²) < 4.78 is 20.1. The van der Waals surface area contributed by atoms with Crippen LogP contribution in [-0.2, 0) is 20.8 Å². The number of carbonyl (C=O) groups excluding carboxylic acids is 4. The average Bonchev–Trinajstić information content (AvgIpc) is 2.90. The topological polar surface area (TPSA) is 225 Å². The molecule has 1 saturated heterocycles. The second-order valence-corrected chi connectivity index (χ2v) is 8.91. The molecule has 1 aromatic carbocycles. The first-order valence-electron chi connectivity index (χ1n) is 12.0. The number of carbonyl (C=O) groups is 5. The van der Waals surface area contributed by atoms with Crippen molar-refractivity contribution in [3.63, 3.8) is 0 Å². The van der Waals surface area contributed by atoms with Crippen LogP contribution in [0, 0.1) is 5.82 Å². The lowest BCUT2D eigenvalue weighted by Gasteiger charge is -2.33. The number of nitrogens with zero attached hydrogens (tertiary/aromatic N) is 3. The Hall–Kier alpha value is -4.77. The van der Waals surface area contributed by atoms with Crippen molar-refractivity contribution in [3.8, 4) is 11.5 Å². The molecule has 0 radical (unpaired) electrons. The molecule has 4 rings (SSSR count). The number of hydrogen-bond acceptors (Lipinski definition) is 10. The summed E-state index contributed by atoms with van der Waals surface area (Å²) in [5, 5.41) is 34.0. The molecule has 210 valence electrons. The number of aromatic carboxylic acids is 1. The molecule has 0 unspecified atom stereocenters. The lowest BCUT2D eigenvalue weighted by atomic mass is 9.72. The number of halogens is 1. The molecule has 1 fully saturated rings. The van der Waals surface area contributed by atoms with E-state index < -0.39 is 66.1 Å². The lowest BCUT2D eigenvalue weighted by molar-refractivity contribution is -0.153. The Balaban J connectivity index is 1.57. The number of carboxylic acid groups (broad SMARTS) is 1. The lowest BCUT2D eigenvalue weighted by Crippen LogP contribution is -2.60. The number of pyridine rings is 1. The molecular weight excluding hydrogens is 534 g/mol. The Labute approximate surface area is 225 Å². The fraction of sp³-hybridized carbons (Fsp3) is 0.304. The first kappa shape index (κ1) is 28.2. The van der Waals surface area contributed by atoms with Crippen LogP contribution in [0.4, 0.5) is 9.18 Å². The summed E-state index contributed by atoms with van der Waals surface area (Å²) >= 11 is 0. The number of para-hydroxylation sites is 1. The zero-order valence-electron chi connectivity index (χ0n) is 20.7. The van der Waals surface area contributed by atoms with Gasteiger partial charge in [-0.15, -0.1) is 0 Å². The van der Waals surface area contributed by atoms with E-state index in [1.807, 2.05) is 0 Å². The van der Waals surface area contributed by atoms with E-state index in [0.717, 1.165) is 11.1 Å². The minimum atomic E-state index is -1.89. The van der Waals surface area contributed by atoms with Gasteiger partial charge in [0.25, 0.3) is 0 Å². The number of hydrogen-bond donors (Lipinski definition) is 6. The molecule has 1 aromatic heterocycles. The van der Waals surface area contributed by atoms with E-state index in [9.17, 15) is 43.6 Å². The van der Waals surface area contributed by atoms with E-state index in [4.69, 9.17) is 10.4 Å². The highest BCUT2D eigenvalue weighted by molar-refractivity contribution is 6.47. The van der Waals surface area contributed by atoms with Gasteiger partial charge in [-0.25, -0.2) is 14.0 Å². The van der Waals surface area contributed by atoms with E-state index >= 15 is 0 Å². The van der Waals surface area contributed by atoms with Crippen molar-refractivity contribution in [1.29, 1.82) is 0 Å². The maximum atomic E-state index is 14.8.